The van der Waals surface area contributed by atoms with Gasteiger partial charge in [0.05, 0.1) is 52.5 Å². The standard InChI is InChI=1S/C54H49F5O11S/c55-43-44(56)46(58)50(47(59)45(43)57)70-71-54(60)69-52-51(66-32-39-24-14-5-15-25-39)49(65-31-38-22-12-4-13-23-38)42(34-62-29-36-18-8-2-9-19-36)68-53(52)67-40-26-27-63-41(33-61-28-35-16-6-1-7-17-35)48(40)64-30-37-20-10-3-11-21-37/h1-27,40-42,48-49,51-53H,28-34H2/t40-,41-,42-,48-,49-,51+,52-,53-/m1/s1. The molecule has 372 valence electrons. The van der Waals surface area contributed by atoms with Gasteiger partial charge < -0.3 is 46.8 Å². The van der Waals surface area contributed by atoms with E-state index in [0.717, 1.165) is 27.8 Å². The fourth-order valence-corrected chi connectivity index (χ4v) is 8.22. The second kappa shape index (κ2) is 25.8. The molecule has 0 saturated carbocycles. The van der Waals surface area contributed by atoms with Crippen LogP contribution < -0.4 is 4.18 Å². The number of benzene rings is 6. The van der Waals surface area contributed by atoms with Gasteiger partial charge in [-0.05, 0) is 33.9 Å². The summed E-state index contributed by atoms with van der Waals surface area (Å²) in [4.78, 5) is 13.9. The van der Waals surface area contributed by atoms with Crippen molar-refractivity contribution in [3.8, 4) is 5.75 Å². The minimum atomic E-state index is -2.40. The Kier molecular flexibility index (Phi) is 18.6. The fourth-order valence-electron chi connectivity index (χ4n) is 7.77. The Labute approximate surface area is 411 Å². The molecule has 0 unspecified atom stereocenters. The van der Waals surface area contributed by atoms with Gasteiger partial charge in [0, 0.05) is 0 Å². The highest BCUT2D eigenvalue weighted by molar-refractivity contribution is 8.09. The predicted octanol–water partition coefficient (Wildman–Crippen LogP) is 11.1. The molecule has 6 aromatic carbocycles. The lowest BCUT2D eigenvalue weighted by Gasteiger charge is -2.46. The van der Waals surface area contributed by atoms with Crippen molar-refractivity contribution >= 4 is 17.3 Å². The Hall–Kier alpha value is -6.15. The maximum atomic E-state index is 14.8. The van der Waals surface area contributed by atoms with Gasteiger partial charge in [-0.25, -0.2) is 18.0 Å². The Balaban J connectivity index is 1.14. The highest BCUT2D eigenvalue weighted by Crippen LogP contribution is 2.36. The number of hydrogen-bond donors (Lipinski definition) is 0. The van der Waals surface area contributed by atoms with Crippen molar-refractivity contribution in [3.05, 3.63) is 221 Å². The quantitative estimate of drug-likeness (QED) is 0.0212. The first kappa shape index (κ1) is 51.2. The number of ether oxygens (including phenoxy) is 9. The van der Waals surface area contributed by atoms with E-state index in [-0.39, 0.29) is 58.3 Å². The largest absolute Gasteiger partial charge is 0.493 e. The molecule has 0 N–H and O–H groups in total. The normalized spacial score (nSPS) is 21.9. The van der Waals surface area contributed by atoms with Crippen molar-refractivity contribution in [2.75, 3.05) is 13.2 Å². The van der Waals surface area contributed by atoms with E-state index in [1.807, 2.05) is 152 Å². The van der Waals surface area contributed by atoms with Gasteiger partial charge in [0.2, 0.25) is 34.8 Å². The third-order valence-electron chi connectivity index (χ3n) is 11.3. The second-order valence-electron chi connectivity index (χ2n) is 16.3. The SMILES string of the molecule is O=C(O[C@H]1[C@H](O[C@@H]2C=CO[C@H](COCc3ccccc3)[C@@H]2OCc2ccccc2)O[C@H](COCc2ccccc2)[C@@H](OCc2ccccc2)[C@@H]1OCc1ccccc1)SOc1c(F)c(F)c(F)c(F)c1F. The van der Waals surface area contributed by atoms with Crippen molar-refractivity contribution in [1.82, 2.24) is 0 Å². The highest BCUT2D eigenvalue weighted by atomic mass is 32.2. The van der Waals surface area contributed by atoms with E-state index in [1.54, 1.807) is 6.08 Å². The molecule has 8 rings (SSSR count). The maximum absolute atomic E-state index is 14.8. The number of carbonyl (C=O) groups is 1. The first-order valence-corrected chi connectivity index (χ1v) is 23.4. The van der Waals surface area contributed by atoms with Crippen LogP contribution in [-0.2, 0) is 75.7 Å². The molecule has 2 aliphatic heterocycles. The monoisotopic (exact) mass is 1000 g/mol. The number of halogens is 5. The molecule has 2 heterocycles. The van der Waals surface area contributed by atoms with Crippen molar-refractivity contribution in [1.29, 1.82) is 0 Å². The molecule has 0 aromatic heterocycles. The molecule has 0 spiro atoms. The molecule has 0 bridgehead atoms. The van der Waals surface area contributed by atoms with E-state index in [1.165, 1.54) is 6.26 Å². The van der Waals surface area contributed by atoms with Gasteiger partial charge in [0.1, 0.15) is 36.6 Å². The Bertz CT molecular complexity index is 2580. The number of carbonyl (C=O) groups excluding carboxylic acids is 1. The zero-order valence-electron chi connectivity index (χ0n) is 37.9. The highest BCUT2D eigenvalue weighted by Gasteiger charge is 2.52. The van der Waals surface area contributed by atoms with Crippen LogP contribution in [0.3, 0.4) is 0 Å². The van der Waals surface area contributed by atoms with Gasteiger partial charge in [0.25, 0.3) is 0 Å². The lowest BCUT2D eigenvalue weighted by molar-refractivity contribution is -0.330. The van der Waals surface area contributed by atoms with E-state index in [2.05, 4.69) is 0 Å². The van der Waals surface area contributed by atoms with Gasteiger partial charge >= 0.3 is 5.30 Å². The van der Waals surface area contributed by atoms with Crippen LogP contribution in [0.5, 0.6) is 5.75 Å². The topological polar surface area (TPSA) is 109 Å². The van der Waals surface area contributed by atoms with Gasteiger partial charge in [0.15, 0.2) is 24.4 Å². The first-order chi connectivity index (χ1) is 34.7. The average Bonchev–Trinajstić information content (AvgIpc) is 3.40. The van der Waals surface area contributed by atoms with E-state index < -0.39 is 89.2 Å². The maximum Gasteiger partial charge on any atom is 0.407 e. The third kappa shape index (κ3) is 14.1. The molecular weight excluding hydrogens is 952 g/mol. The summed E-state index contributed by atoms with van der Waals surface area (Å²) in [5, 5.41) is -1.39. The summed E-state index contributed by atoms with van der Waals surface area (Å²) in [6, 6.07) is 46.8. The molecule has 1 fully saturated rings. The van der Waals surface area contributed by atoms with Gasteiger partial charge in [-0.2, -0.15) is 8.78 Å². The van der Waals surface area contributed by atoms with Crippen LogP contribution in [-0.4, -0.2) is 67.5 Å². The van der Waals surface area contributed by atoms with Gasteiger partial charge in [-0.3, -0.25) is 0 Å². The summed E-state index contributed by atoms with van der Waals surface area (Å²) in [5.74, 6) is -13.2. The second-order valence-corrected chi connectivity index (χ2v) is 17.0. The lowest BCUT2D eigenvalue weighted by atomic mass is 9.97. The van der Waals surface area contributed by atoms with Crippen LogP contribution >= 0.6 is 12.0 Å². The zero-order valence-corrected chi connectivity index (χ0v) is 38.8. The van der Waals surface area contributed by atoms with Crippen molar-refractivity contribution in [2.24, 2.45) is 0 Å². The fraction of sp³-hybridized carbons (Fsp3) is 0.278. The Morgan fingerprint density at radius 3 is 1.37 bits per heavy atom. The lowest BCUT2D eigenvalue weighted by Crippen LogP contribution is -2.63. The van der Waals surface area contributed by atoms with Crippen LogP contribution in [0.15, 0.2) is 164 Å². The molecule has 0 aliphatic carbocycles. The van der Waals surface area contributed by atoms with E-state index in [0.29, 0.717) is 0 Å². The van der Waals surface area contributed by atoms with E-state index in [4.69, 9.17) is 46.8 Å². The van der Waals surface area contributed by atoms with Crippen molar-refractivity contribution < 1.29 is 73.6 Å². The molecule has 11 nitrogen and oxygen atoms in total. The molecule has 17 heteroatoms. The summed E-state index contributed by atoms with van der Waals surface area (Å²) in [7, 11) is 0. The first-order valence-electron chi connectivity index (χ1n) is 22.6. The van der Waals surface area contributed by atoms with Gasteiger partial charge in [-0.15, -0.1) is 0 Å². The van der Waals surface area contributed by atoms with Crippen LogP contribution in [0.1, 0.15) is 27.8 Å². The Morgan fingerprint density at radius 2 is 0.887 bits per heavy atom. The van der Waals surface area contributed by atoms with Crippen LogP contribution in [0.4, 0.5) is 26.7 Å². The number of hydrogen-bond acceptors (Lipinski definition) is 12. The molecule has 2 aliphatic rings. The van der Waals surface area contributed by atoms with Crippen LogP contribution in [0.2, 0.25) is 0 Å². The van der Waals surface area contributed by atoms with E-state index in [9.17, 15) is 26.7 Å². The smallest absolute Gasteiger partial charge is 0.407 e. The van der Waals surface area contributed by atoms with Crippen LogP contribution in [0.25, 0.3) is 0 Å². The molecule has 8 atom stereocenters. The Morgan fingerprint density at radius 1 is 0.479 bits per heavy atom. The zero-order chi connectivity index (χ0) is 49.4. The molecular formula is C54H49F5O11S. The summed E-state index contributed by atoms with van der Waals surface area (Å²) in [6.45, 7) is 0.521. The molecule has 0 radical (unpaired) electrons. The summed E-state index contributed by atoms with van der Waals surface area (Å²) >= 11 is -0.327. The molecule has 0 amide bonds. The third-order valence-corrected chi connectivity index (χ3v) is 11.8. The molecule has 6 aromatic rings. The summed E-state index contributed by atoms with van der Waals surface area (Å²) in [6.07, 6.45) is -6.07. The average molecular weight is 1000 g/mol. The molecule has 1 saturated heterocycles. The van der Waals surface area contributed by atoms with Gasteiger partial charge in [-0.1, -0.05) is 152 Å². The predicted molar refractivity (Wildman–Crippen MR) is 250 cm³/mol. The van der Waals surface area contributed by atoms with E-state index >= 15 is 0 Å². The van der Waals surface area contributed by atoms with Crippen LogP contribution in [0, 0.1) is 29.1 Å². The summed E-state index contributed by atoms with van der Waals surface area (Å²) < 4.78 is 135. The number of rotatable bonds is 22. The minimum Gasteiger partial charge on any atom is -0.493 e. The van der Waals surface area contributed by atoms with Crippen molar-refractivity contribution in [2.45, 2.75) is 82.1 Å². The molecule has 71 heavy (non-hydrogen) atoms. The minimum absolute atomic E-state index is 0.0301. The summed E-state index contributed by atoms with van der Waals surface area (Å²) in [5.41, 5.74) is 4.16. The van der Waals surface area contributed by atoms with Crippen molar-refractivity contribution in [3.63, 3.8) is 0 Å².